The summed E-state index contributed by atoms with van der Waals surface area (Å²) in [5.41, 5.74) is 1.97. The summed E-state index contributed by atoms with van der Waals surface area (Å²) in [5, 5.41) is 6.12. The van der Waals surface area contributed by atoms with Crippen molar-refractivity contribution in [3.8, 4) is 5.75 Å². The Labute approximate surface area is 212 Å². The maximum atomic E-state index is 13.8. The van der Waals surface area contributed by atoms with Crippen LogP contribution in [-0.4, -0.2) is 60.0 Å². The first kappa shape index (κ1) is 23.5. The SMILES string of the molecule is COc1cc(P2(=O)CCN(C3CC3)CC2)ccc1Nc1cc(N2OCC[C@@H]2c2ccccc2)ncn1. The van der Waals surface area contributed by atoms with Crippen LogP contribution in [0.4, 0.5) is 17.3 Å². The number of hydroxylamine groups is 1. The molecule has 3 fully saturated rings. The molecule has 1 aromatic heterocycles. The number of hydrogen-bond acceptors (Lipinski definition) is 8. The zero-order valence-corrected chi connectivity index (χ0v) is 21.4. The van der Waals surface area contributed by atoms with Crippen LogP contribution in [0.25, 0.3) is 0 Å². The van der Waals surface area contributed by atoms with Gasteiger partial charge in [-0.05, 0) is 36.6 Å². The van der Waals surface area contributed by atoms with Gasteiger partial charge in [-0.15, -0.1) is 0 Å². The van der Waals surface area contributed by atoms with Gasteiger partial charge in [-0.1, -0.05) is 30.3 Å². The van der Waals surface area contributed by atoms with Gasteiger partial charge in [-0.2, -0.15) is 0 Å². The molecule has 1 aliphatic carbocycles. The van der Waals surface area contributed by atoms with Gasteiger partial charge in [0.2, 0.25) is 0 Å². The predicted octanol–water partition coefficient (Wildman–Crippen LogP) is 4.58. The number of aromatic nitrogens is 2. The number of nitrogens with zero attached hydrogens (tertiary/aromatic N) is 4. The van der Waals surface area contributed by atoms with Gasteiger partial charge in [-0.25, -0.2) is 15.0 Å². The Hall–Kier alpha value is -2.93. The molecule has 3 aliphatic rings. The average Bonchev–Trinajstić information content (AvgIpc) is 3.65. The van der Waals surface area contributed by atoms with E-state index in [0.717, 1.165) is 48.9 Å². The number of rotatable bonds is 7. The van der Waals surface area contributed by atoms with Crippen LogP contribution in [0.3, 0.4) is 0 Å². The Kier molecular flexibility index (Phi) is 6.42. The highest BCUT2D eigenvalue weighted by Gasteiger charge is 2.37. The zero-order valence-electron chi connectivity index (χ0n) is 20.5. The average molecular weight is 506 g/mol. The number of methoxy groups -OCH3 is 1. The minimum absolute atomic E-state index is 0.103. The van der Waals surface area contributed by atoms with E-state index in [4.69, 9.17) is 9.57 Å². The Bertz CT molecular complexity index is 1260. The van der Waals surface area contributed by atoms with Crippen molar-refractivity contribution in [2.24, 2.45) is 0 Å². The quantitative estimate of drug-likeness (QED) is 0.468. The monoisotopic (exact) mass is 505 g/mol. The highest BCUT2D eigenvalue weighted by atomic mass is 31.2. The lowest BCUT2D eigenvalue weighted by Crippen LogP contribution is -2.38. The maximum Gasteiger partial charge on any atom is 0.158 e. The first-order valence-electron chi connectivity index (χ1n) is 12.7. The lowest BCUT2D eigenvalue weighted by atomic mass is 10.0. The van der Waals surface area contributed by atoms with Gasteiger partial charge in [0.05, 0.1) is 25.4 Å². The molecular weight excluding hydrogens is 473 g/mol. The molecule has 2 aliphatic heterocycles. The summed E-state index contributed by atoms with van der Waals surface area (Å²) in [7, 11) is -0.772. The lowest BCUT2D eigenvalue weighted by molar-refractivity contribution is 0.157. The van der Waals surface area contributed by atoms with Crippen LogP contribution in [-0.2, 0) is 9.40 Å². The number of hydrogen-bond donors (Lipinski definition) is 1. The molecule has 8 nitrogen and oxygen atoms in total. The molecule has 1 saturated carbocycles. The largest absolute Gasteiger partial charge is 0.495 e. The van der Waals surface area contributed by atoms with Crippen molar-refractivity contribution < 1.29 is 14.1 Å². The first-order chi connectivity index (χ1) is 17.6. The minimum Gasteiger partial charge on any atom is -0.495 e. The van der Waals surface area contributed by atoms with Crippen molar-refractivity contribution in [3.63, 3.8) is 0 Å². The summed E-state index contributed by atoms with van der Waals surface area (Å²) >= 11 is 0. The van der Waals surface area contributed by atoms with E-state index in [0.29, 0.717) is 24.0 Å². The van der Waals surface area contributed by atoms with Gasteiger partial charge >= 0.3 is 0 Å². The van der Waals surface area contributed by atoms with E-state index in [2.05, 4.69) is 32.3 Å². The topological polar surface area (TPSA) is 79.8 Å². The summed E-state index contributed by atoms with van der Waals surface area (Å²) in [6.45, 7) is 2.49. The fraction of sp³-hybridized carbons (Fsp3) is 0.407. The second-order valence-electron chi connectivity index (χ2n) is 9.75. The zero-order chi connectivity index (χ0) is 24.5. The van der Waals surface area contributed by atoms with Crippen molar-refractivity contribution in [1.29, 1.82) is 0 Å². The molecule has 3 aromatic rings. The standard InChI is InChI=1S/C27H32N5O3P/c1-34-25-17-22(36(33)15-12-31(13-16-36)21-7-8-21)9-10-23(25)30-26-18-27(29-19-28-26)32-24(11-14-35-32)20-5-3-2-4-6-20/h2-6,9-10,17-19,21,24H,7-8,11-16H2,1H3,(H,28,29,30)/t24-/m1/s1. The minimum atomic E-state index is -2.41. The second-order valence-corrected chi connectivity index (χ2v) is 12.9. The Morgan fingerprint density at radius 2 is 1.83 bits per heavy atom. The Morgan fingerprint density at radius 1 is 1.03 bits per heavy atom. The van der Waals surface area contributed by atoms with Gasteiger partial charge in [0.25, 0.3) is 0 Å². The van der Waals surface area contributed by atoms with Gasteiger partial charge in [0.1, 0.15) is 25.0 Å². The molecule has 3 heterocycles. The van der Waals surface area contributed by atoms with Gasteiger partial charge in [-0.3, -0.25) is 9.74 Å². The van der Waals surface area contributed by atoms with Crippen LogP contribution in [0.5, 0.6) is 5.75 Å². The molecule has 2 aromatic carbocycles. The Morgan fingerprint density at radius 3 is 2.58 bits per heavy atom. The van der Waals surface area contributed by atoms with E-state index in [9.17, 15) is 4.57 Å². The molecule has 0 bridgehead atoms. The third-order valence-corrected chi connectivity index (χ3v) is 10.5. The van der Waals surface area contributed by atoms with Crippen LogP contribution in [0.2, 0.25) is 0 Å². The van der Waals surface area contributed by atoms with E-state index in [1.54, 1.807) is 7.11 Å². The lowest BCUT2D eigenvalue weighted by Gasteiger charge is -2.32. The molecule has 9 heteroatoms. The number of nitrogens with one attached hydrogen (secondary N) is 1. The summed E-state index contributed by atoms with van der Waals surface area (Å²) in [6, 6.07) is 18.9. The first-order valence-corrected chi connectivity index (χ1v) is 14.8. The van der Waals surface area contributed by atoms with Crippen LogP contribution >= 0.6 is 7.14 Å². The molecule has 1 atom stereocenters. The van der Waals surface area contributed by atoms with Crippen molar-refractivity contribution in [2.45, 2.75) is 31.3 Å². The Balaban J connectivity index is 1.20. The molecular formula is C27H32N5O3P. The van der Waals surface area contributed by atoms with E-state index in [-0.39, 0.29) is 6.04 Å². The summed E-state index contributed by atoms with van der Waals surface area (Å²) in [6.07, 6.45) is 6.50. The second kappa shape index (κ2) is 9.85. The van der Waals surface area contributed by atoms with Gasteiger partial charge < -0.3 is 14.6 Å². The maximum absolute atomic E-state index is 13.8. The molecule has 6 rings (SSSR count). The van der Waals surface area contributed by atoms with E-state index >= 15 is 0 Å². The van der Waals surface area contributed by atoms with Crippen molar-refractivity contribution in [2.75, 3.05) is 49.5 Å². The molecule has 188 valence electrons. The number of ether oxygens (including phenoxy) is 1. The van der Waals surface area contributed by atoms with Gasteiger partial charge in [0.15, 0.2) is 5.82 Å². The highest BCUT2D eigenvalue weighted by Crippen LogP contribution is 2.49. The molecule has 0 amide bonds. The molecule has 0 unspecified atom stereocenters. The third-order valence-electron chi connectivity index (χ3n) is 7.45. The predicted molar refractivity (Wildman–Crippen MR) is 142 cm³/mol. The summed E-state index contributed by atoms with van der Waals surface area (Å²) in [4.78, 5) is 17.3. The number of benzene rings is 2. The van der Waals surface area contributed by atoms with Crippen molar-refractivity contribution in [1.82, 2.24) is 14.9 Å². The molecule has 2 saturated heterocycles. The van der Waals surface area contributed by atoms with E-state index in [1.165, 1.54) is 24.7 Å². The smallest absolute Gasteiger partial charge is 0.158 e. The summed E-state index contributed by atoms with van der Waals surface area (Å²) < 4.78 is 19.5. The number of anilines is 3. The van der Waals surface area contributed by atoms with Crippen LogP contribution in [0.1, 0.15) is 30.9 Å². The molecule has 0 spiro atoms. The molecule has 36 heavy (non-hydrogen) atoms. The van der Waals surface area contributed by atoms with Gasteiger partial charge in [0, 0.05) is 49.2 Å². The fourth-order valence-corrected chi connectivity index (χ4v) is 7.85. The normalized spacial score (nSPS) is 21.9. The highest BCUT2D eigenvalue weighted by molar-refractivity contribution is 7.71. The van der Waals surface area contributed by atoms with Crippen LogP contribution in [0.15, 0.2) is 60.9 Å². The fourth-order valence-electron chi connectivity index (χ4n) is 5.25. The molecule has 0 radical (unpaired) electrons. The van der Waals surface area contributed by atoms with E-state index < -0.39 is 7.14 Å². The molecule has 1 N–H and O–H groups in total. The van der Waals surface area contributed by atoms with Crippen LogP contribution in [0, 0.1) is 0 Å². The van der Waals surface area contributed by atoms with Crippen LogP contribution < -0.4 is 20.4 Å². The van der Waals surface area contributed by atoms with E-state index in [1.807, 2.05) is 47.5 Å². The summed E-state index contributed by atoms with van der Waals surface area (Å²) in [5.74, 6) is 1.99. The van der Waals surface area contributed by atoms with Crippen molar-refractivity contribution >= 4 is 29.8 Å². The van der Waals surface area contributed by atoms with Crippen molar-refractivity contribution in [3.05, 3.63) is 66.5 Å². The third kappa shape index (κ3) is 4.73.